The molecule has 1 aliphatic rings. The van der Waals surface area contributed by atoms with Gasteiger partial charge in [0, 0.05) is 37.0 Å². The number of carbonyl (C=O) groups is 1. The van der Waals surface area contributed by atoms with Gasteiger partial charge in [-0.3, -0.25) is 4.79 Å². The topological polar surface area (TPSA) is 66.9 Å². The van der Waals surface area contributed by atoms with Crippen LogP contribution in [0, 0.1) is 0 Å². The van der Waals surface area contributed by atoms with E-state index in [4.69, 9.17) is 16.3 Å². The van der Waals surface area contributed by atoms with Crippen LogP contribution in [0.3, 0.4) is 0 Å². The van der Waals surface area contributed by atoms with Crippen molar-refractivity contribution in [2.75, 3.05) is 38.5 Å². The minimum Gasteiger partial charge on any atom is -0.493 e. The van der Waals surface area contributed by atoms with Crippen LogP contribution >= 0.6 is 23.4 Å². The number of rotatable bonds is 8. The van der Waals surface area contributed by atoms with Crippen molar-refractivity contribution in [2.24, 2.45) is 0 Å². The van der Waals surface area contributed by atoms with Crippen LogP contribution in [0.15, 0.2) is 59.5 Å². The molecular formula is C21H25ClN2O4S2. The van der Waals surface area contributed by atoms with Gasteiger partial charge in [-0.2, -0.15) is 4.31 Å². The molecule has 9 heteroatoms. The molecule has 0 radical (unpaired) electrons. The number of halogens is 1. The molecule has 3 rings (SSSR count). The maximum atomic E-state index is 12.7. The average Bonchev–Trinajstić information content (AvgIpc) is 2.77. The Bertz CT molecular complexity index is 948. The maximum absolute atomic E-state index is 12.7. The Balaban J connectivity index is 1.43. The van der Waals surface area contributed by atoms with Crippen LogP contribution < -0.4 is 4.74 Å². The van der Waals surface area contributed by atoms with Crippen molar-refractivity contribution in [3.05, 3.63) is 59.6 Å². The second-order valence-electron chi connectivity index (χ2n) is 6.86. The van der Waals surface area contributed by atoms with E-state index in [1.165, 1.54) is 16.1 Å². The Morgan fingerprint density at radius 1 is 1.10 bits per heavy atom. The SMILES string of the molecule is C[C@H](SCCOc1cccc(Cl)c1)C(=O)N1CCN(S(=O)(=O)c2ccccc2)CC1. The number of amides is 1. The molecule has 1 amide bonds. The zero-order valence-corrected chi connectivity index (χ0v) is 19.1. The summed E-state index contributed by atoms with van der Waals surface area (Å²) in [4.78, 5) is 14.7. The second kappa shape index (κ2) is 10.5. The van der Waals surface area contributed by atoms with E-state index < -0.39 is 10.0 Å². The van der Waals surface area contributed by atoms with Gasteiger partial charge in [-0.25, -0.2) is 8.42 Å². The molecule has 0 spiro atoms. The molecular weight excluding hydrogens is 444 g/mol. The molecule has 6 nitrogen and oxygen atoms in total. The third-order valence-electron chi connectivity index (χ3n) is 4.80. The highest BCUT2D eigenvalue weighted by molar-refractivity contribution is 8.00. The minimum absolute atomic E-state index is 0.0273. The lowest BCUT2D eigenvalue weighted by atomic mass is 10.3. The van der Waals surface area contributed by atoms with Crippen LogP contribution in [-0.2, 0) is 14.8 Å². The molecule has 162 valence electrons. The summed E-state index contributed by atoms with van der Waals surface area (Å²) in [7, 11) is -3.51. The van der Waals surface area contributed by atoms with Crippen LogP contribution in [0.2, 0.25) is 5.02 Å². The average molecular weight is 469 g/mol. The molecule has 0 saturated carbocycles. The first-order chi connectivity index (χ1) is 14.4. The molecule has 0 aliphatic carbocycles. The summed E-state index contributed by atoms with van der Waals surface area (Å²) >= 11 is 7.46. The molecule has 30 heavy (non-hydrogen) atoms. The fourth-order valence-electron chi connectivity index (χ4n) is 3.16. The summed E-state index contributed by atoms with van der Waals surface area (Å²) in [6.07, 6.45) is 0. The maximum Gasteiger partial charge on any atom is 0.243 e. The van der Waals surface area contributed by atoms with E-state index in [-0.39, 0.29) is 16.1 Å². The smallest absolute Gasteiger partial charge is 0.243 e. The number of piperazine rings is 1. The summed E-state index contributed by atoms with van der Waals surface area (Å²) < 4.78 is 32.5. The lowest BCUT2D eigenvalue weighted by Crippen LogP contribution is -2.52. The van der Waals surface area contributed by atoms with Crippen molar-refractivity contribution in [3.63, 3.8) is 0 Å². The van der Waals surface area contributed by atoms with Crippen molar-refractivity contribution in [1.29, 1.82) is 0 Å². The van der Waals surface area contributed by atoms with Gasteiger partial charge < -0.3 is 9.64 Å². The predicted molar refractivity (Wildman–Crippen MR) is 121 cm³/mol. The second-order valence-corrected chi connectivity index (χ2v) is 10.7. The first-order valence-electron chi connectivity index (χ1n) is 9.72. The molecule has 0 unspecified atom stereocenters. The highest BCUT2D eigenvalue weighted by Crippen LogP contribution is 2.21. The van der Waals surface area contributed by atoms with Crippen LogP contribution in [-0.4, -0.2) is 67.3 Å². The summed E-state index contributed by atoms with van der Waals surface area (Å²) in [5, 5.41) is 0.405. The Labute approximate surface area is 187 Å². The van der Waals surface area contributed by atoms with Crippen LogP contribution in [0.25, 0.3) is 0 Å². The molecule has 0 bridgehead atoms. The molecule has 1 fully saturated rings. The van der Waals surface area contributed by atoms with Gasteiger partial charge in [-0.1, -0.05) is 35.9 Å². The van der Waals surface area contributed by atoms with Gasteiger partial charge in [0.15, 0.2) is 0 Å². The van der Waals surface area contributed by atoms with Crippen LogP contribution in [0.1, 0.15) is 6.92 Å². The van der Waals surface area contributed by atoms with Crippen molar-refractivity contribution >= 4 is 39.3 Å². The van der Waals surface area contributed by atoms with Gasteiger partial charge in [0.05, 0.1) is 16.8 Å². The van der Waals surface area contributed by atoms with Gasteiger partial charge in [-0.05, 0) is 37.3 Å². The lowest BCUT2D eigenvalue weighted by molar-refractivity contribution is -0.131. The standard InChI is InChI=1S/C21H25ClN2O4S2/c1-17(29-15-14-28-19-7-5-6-18(22)16-19)21(25)23-10-12-24(13-11-23)30(26,27)20-8-3-2-4-9-20/h2-9,16-17H,10-15H2,1H3/t17-/m0/s1. The molecule has 0 N–H and O–H groups in total. The fraction of sp³-hybridized carbons (Fsp3) is 0.381. The van der Waals surface area contributed by atoms with Crippen molar-refractivity contribution in [3.8, 4) is 5.75 Å². The highest BCUT2D eigenvalue weighted by atomic mass is 35.5. The van der Waals surface area contributed by atoms with Gasteiger partial charge in [0.1, 0.15) is 5.75 Å². The van der Waals surface area contributed by atoms with Crippen LogP contribution in [0.5, 0.6) is 5.75 Å². The largest absolute Gasteiger partial charge is 0.493 e. The predicted octanol–water partition coefficient (Wildman–Crippen LogP) is 3.37. The molecule has 2 aromatic rings. The monoisotopic (exact) mass is 468 g/mol. The van der Waals surface area contributed by atoms with E-state index in [1.54, 1.807) is 47.4 Å². The summed E-state index contributed by atoms with van der Waals surface area (Å²) in [5.41, 5.74) is 0. The van der Waals surface area contributed by atoms with E-state index >= 15 is 0 Å². The number of carbonyl (C=O) groups excluding carboxylic acids is 1. The molecule has 1 saturated heterocycles. The van der Waals surface area contributed by atoms with Gasteiger partial charge in [0.2, 0.25) is 15.9 Å². The van der Waals surface area contributed by atoms with Crippen molar-refractivity contribution < 1.29 is 17.9 Å². The third-order valence-corrected chi connectivity index (χ3v) is 8.05. The van der Waals surface area contributed by atoms with Gasteiger partial charge in [0.25, 0.3) is 0 Å². The Morgan fingerprint density at radius 2 is 1.80 bits per heavy atom. The molecule has 1 heterocycles. The number of nitrogens with zero attached hydrogens (tertiary/aromatic N) is 2. The number of hydrogen-bond donors (Lipinski definition) is 0. The normalized spacial score (nSPS) is 16.3. The van der Waals surface area contributed by atoms with E-state index in [1.807, 2.05) is 19.1 Å². The van der Waals surface area contributed by atoms with Crippen molar-refractivity contribution in [2.45, 2.75) is 17.1 Å². The van der Waals surface area contributed by atoms with Gasteiger partial charge in [-0.15, -0.1) is 11.8 Å². The molecule has 2 aromatic carbocycles. The number of hydrogen-bond acceptors (Lipinski definition) is 5. The van der Waals surface area contributed by atoms with Crippen molar-refractivity contribution in [1.82, 2.24) is 9.21 Å². The zero-order valence-electron chi connectivity index (χ0n) is 16.7. The first-order valence-corrected chi connectivity index (χ1v) is 12.6. The summed E-state index contributed by atoms with van der Waals surface area (Å²) in [5.74, 6) is 1.40. The lowest BCUT2D eigenvalue weighted by Gasteiger charge is -2.35. The summed E-state index contributed by atoms with van der Waals surface area (Å²) in [6.45, 7) is 3.76. The number of thioether (sulfide) groups is 1. The summed E-state index contributed by atoms with van der Waals surface area (Å²) in [6, 6.07) is 15.6. The first kappa shape index (κ1) is 22.9. The Hall–Kier alpha value is -1.74. The van der Waals surface area contributed by atoms with Crippen LogP contribution in [0.4, 0.5) is 0 Å². The highest BCUT2D eigenvalue weighted by Gasteiger charge is 2.31. The van der Waals surface area contributed by atoms with Gasteiger partial charge >= 0.3 is 0 Å². The minimum atomic E-state index is -3.51. The quantitative estimate of drug-likeness (QED) is 0.555. The Morgan fingerprint density at radius 3 is 2.47 bits per heavy atom. The molecule has 1 aliphatic heterocycles. The van der Waals surface area contributed by atoms with E-state index in [2.05, 4.69) is 0 Å². The number of benzene rings is 2. The van der Waals surface area contributed by atoms with E-state index in [0.29, 0.717) is 49.3 Å². The van der Waals surface area contributed by atoms with E-state index in [0.717, 1.165) is 0 Å². The molecule has 0 aromatic heterocycles. The van der Waals surface area contributed by atoms with E-state index in [9.17, 15) is 13.2 Å². The Kier molecular flexibility index (Phi) is 8.05. The number of ether oxygens (including phenoxy) is 1. The third kappa shape index (κ3) is 5.91. The number of sulfonamides is 1. The molecule has 1 atom stereocenters. The fourth-order valence-corrected chi connectivity index (χ4v) is 5.61. The zero-order chi connectivity index (χ0) is 21.6.